The van der Waals surface area contributed by atoms with Gasteiger partial charge in [-0.05, 0) is 35.1 Å². The number of nitrogens with zero attached hydrogens (tertiary/aromatic N) is 3. The molecule has 2 aromatic carbocycles. The maximum atomic E-state index is 13.5. The number of ketones is 1. The molecular formula is C27H28N4O3S. The Hall–Kier alpha value is -3.26. The Bertz CT molecular complexity index is 1320. The molecule has 0 radical (unpaired) electrons. The van der Waals surface area contributed by atoms with Gasteiger partial charge in [0.1, 0.15) is 6.04 Å². The van der Waals surface area contributed by atoms with E-state index in [-0.39, 0.29) is 17.2 Å². The average Bonchev–Trinajstić information content (AvgIpc) is 3.09. The minimum Gasteiger partial charge on any atom is -0.490 e. The molecule has 180 valence electrons. The van der Waals surface area contributed by atoms with Gasteiger partial charge in [0, 0.05) is 29.9 Å². The van der Waals surface area contributed by atoms with Crippen LogP contribution in [-0.2, 0) is 10.5 Å². The summed E-state index contributed by atoms with van der Waals surface area (Å²) >= 11 is 1.59. The van der Waals surface area contributed by atoms with Gasteiger partial charge in [-0.3, -0.25) is 4.79 Å². The van der Waals surface area contributed by atoms with Crippen LogP contribution in [0.2, 0.25) is 0 Å². The number of hydrogen-bond acceptors (Lipinski definition) is 7. The predicted octanol–water partition coefficient (Wildman–Crippen LogP) is 5.39. The van der Waals surface area contributed by atoms with Gasteiger partial charge in [0.15, 0.2) is 17.3 Å². The van der Waals surface area contributed by atoms with Gasteiger partial charge in [-0.2, -0.15) is 4.98 Å². The largest absolute Gasteiger partial charge is 0.490 e. The highest BCUT2D eigenvalue weighted by Gasteiger charge is 2.42. The van der Waals surface area contributed by atoms with Crippen LogP contribution in [0.15, 0.2) is 65.0 Å². The molecule has 1 unspecified atom stereocenters. The van der Waals surface area contributed by atoms with E-state index in [1.165, 1.54) is 5.56 Å². The van der Waals surface area contributed by atoms with Crippen LogP contribution in [0.4, 0.5) is 5.95 Å². The van der Waals surface area contributed by atoms with E-state index in [2.05, 4.69) is 31.3 Å². The zero-order valence-corrected chi connectivity index (χ0v) is 20.7. The number of allylic oxidation sites excluding steroid dienone is 2. The lowest BCUT2D eigenvalue weighted by atomic mass is 9.73. The smallest absolute Gasteiger partial charge is 0.227 e. The van der Waals surface area contributed by atoms with E-state index in [4.69, 9.17) is 19.6 Å². The monoisotopic (exact) mass is 488 g/mol. The topological polar surface area (TPSA) is 78.3 Å². The summed E-state index contributed by atoms with van der Waals surface area (Å²) in [5, 5.41) is 9.00. The van der Waals surface area contributed by atoms with Crippen molar-refractivity contribution in [1.29, 1.82) is 0 Å². The number of carbonyl (C=O) groups excluding carboxylic acids is 1. The van der Waals surface area contributed by atoms with Crippen LogP contribution in [-0.4, -0.2) is 33.8 Å². The Balaban J connectivity index is 1.40. The summed E-state index contributed by atoms with van der Waals surface area (Å²) in [4.78, 5) is 18.3. The number of carbonyl (C=O) groups is 1. The van der Waals surface area contributed by atoms with Gasteiger partial charge < -0.3 is 14.8 Å². The Morgan fingerprint density at radius 2 is 1.89 bits per heavy atom. The predicted molar refractivity (Wildman–Crippen MR) is 135 cm³/mol. The number of hydrogen-bond donors (Lipinski definition) is 1. The van der Waals surface area contributed by atoms with Gasteiger partial charge in [-0.15, -0.1) is 5.10 Å². The third kappa shape index (κ3) is 4.31. The number of benzene rings is 2. The molecule has 1 atom stereocenters. The second-order valence-electron chi connectivity index (χ2n) is 10.1. The highest BCUT2D eigenvalue weighted by atomic mass is 32.2. The molecule has 2 aliphatic heterocycles. The van der Waals surface area contributed by atoms with Gasteiger partial charge in [0.2, 0.25) is 11.1 Å². The molecule has 6 rings (SSSR count). The first-order chi connectivity index (χ1) is 17.0. The molecule has 0 spiro atoms. The summed E-state index contributed by atoms with van der Waals surface area (Å²) < 4.78 is 13.7. The number of ether oxygens (including phenoxy) is 2. The summed E-state index contributed by atoms with van der Waals surface area (Å²) in [6, 6.07) is 15.9. The van der Waals surface area contributed by atoms with E-state index >= 15 is 0 Å². The van der Waals surface area contributed by atoms with Crippen LogP contribution < -0.4 is 14.8 Å². The van der Waals surface area contributed by atoms with Crippen molar-refractivity contribution in [3.8, 4) is 11.5 Å². The molecule has 0 bridgehead atoms. The molecular weight excluding hydrogens is 460 g/mol. The van der Waals surface area contributed by atoms with Gasteiger partial charge >= 0.3 is 0 Å². The number of nitrogens with one attached hydrogen (secondary N) is 1. The summed E-state index contributed by atoms with van der Waals surface area (Å²) in [6.45, 7) is 5.52. The van der Waals surface area contributed by atoms with Crippen molar-refractivity contribution in [2.24, 2.45) is 5.41 Å². The Kier molecular flexibility index (Phi) is 5.56. The van der Waals surface area contributed by atoms with E-state index in [0.717, 1.165) is 41.2 Å². The van der Waals surface area contributed by atoms with Crippen LogP contribution in [0.1, 0.15) is 50.3 Å². The van der Waals surface area contributed by atoms with Crippen molar-refractivity contribution >= 4 is 23.5 Å². The molecule has 1 aromatic heterocycles. The van der Waals surface area contributed by atoms with Crippen LogP contribution in [0.5, 0.6) is 11.5 Å². The number of aromatic nitrogens is 3. The summed E-state index contributed by atoms with van der Waals surface area (Å²) in [5.74, 6) is 3.05. The third-order valence-electron chi connectivity index (χ3n) is 6.61. The number of Topliss-reactive ketones (excluding diaryl/α,β-unsaturated/α-hetero) is 1. The zero-order chi connectivity index (χ0) is 24.0. The fourth-order valence-corrected chi connectivity index (χ4v) is 5.82. The van der Waals surface area contributed by atoms with E-state index < -0.39 is 0 Å². The molecule has 8 heteroatoms. The molecule has 1 N–H and O–H groups in total. The Morgan fingerprint density at radius 1 is 1.09 bits per heavy atom. The van der Waals surface area contributed by atoms with Crippen LogP contribution in [0.3, 0.4) is 0 Å². The first-order valence-electron chi connectivity index (χ1n) is 12.0. The van der Waals surface area contributed by atoms with Crippen molar-refractivity contribution < 1.29 is 14.3 Å². The van der Waals surface area contributed by atoms with E-state index in [1.54, 1.807) is 11.8 Å². The minimum atomic E-state index is -0.361. The van der Waals surface area contributed by atoms with Crippen molar-refractivity contribution in [3.63, 3.8) is 0 Å². The molecule has 0 amide bonds. The molecule has 3 aliphatic rings. The molecule has 3 heterocycles. The van der Waals surface area contributed by atoms with Gasteiger partial charge in [0.25, 0.3) is 0 Å². The molecule has 3 aromatic rings. The SMILES string of the molecule is CC1(C)CC(=O)C2=C(C1)Nc1nc(SCc3ccccc3)nn1C2c1ccc2c(c1)OCCCO2. The summed E-state index contributed by atoms with van der Waals surface area (Å²) in [6.07, 6.45) is 2.14. The Labute approximate surface area is 208 Å². The standard InChI is InChI=1S/C27H28N4O3S/c1-27(2)14-19-23(20(32)15-27)24(18-9-10-21-22(13-18)34-12-6-11-33-21)31-25(28-19)29-26(30-31)35-16-17-7-4-3-5-8-17/h3-5,7-10,13,24H,6,11-12,14-16H2,1-2H3,(H,28,29,30). The van der Waals surface area contributed by atoms with E-state index in [0.29, 0.717) is 36.5 Å². The molecule has 1 aliphatic carbocycles. The fourth-order valence-electron chi connectivity index (χ4n) is 5.03. The summed E-state index contributed by atoms with van der Waals surface area (Å²) in [5.41, 5.74) is 3.78. The molecule has 0 saturated carbocycles. The van der Waals surface area contributed by atoms with E-state index in [9.17, 15) is 4.79 Å². The highest BCUT2D eigenvalue weighted by molar-refractivity contribution is 7.98. The van der Waals surface area contributed by atoms with Crippen molar-refractivity contribution in [2.45, 2.75) is 50.1 Å². The second-order valence-corrected chi connectivity index (χ2v) is 11.0. The molecule has 0 fully saturated rings. The quantitative estimate of drug-likeness (QED) is 0.493. The molecule has 35 heavy (non-hydrogen) atoms. The molecule has 7 nitrogen and oxygen atoms in total. The lowest BCUT2D eigenvalue weighted by Gasteiger charge is -2.38. The Morgan fingerprint density at radius 3 is 2.71 bits per heavy atom. The number of rotatable bonds is 4. The van der Waals surface area contributed by atoms with Crippen molar-refractivity contribution in [2.75, 3.05) is 18.5 Å². The number of anilines is 1. The van der Waals surface area contributed by atoms with Crippen LogP contribution in [0.25, 0.3) is 0 Å². The lowest BCUT2D eigenvalue weighted by molar-refractivity contribution is -0.118. The van der Waals surface area contributed by atoms with E-state index in [1.807, 2.05) is 41.1 Å². The number of fused-ring (bicyclic) bond motifs is 2. The van der Waals surface area contributed by atoms with Crippen LogP contribution in [0, 0.1) is 5.41 Å². The molecule has 0 saturated heterocycles. The third-order valence-corrected chi connectivity index (χ3v) is 7.52. The van der Waals surface area contributed by atoms with Gasteiger partial charge in [-0.1, -0.05) is 62.0 Å². The lowest BCUT2D eigenvalue weighted by Crippen LogP contribution is -2.36. The van der Waals surface area contributed by atoms with Crippen molar-refractivity contribution in [1.82, 2.24) is 14.8 Å². The first kappa shape index (κ1) is 22.2. The average molecular weight is 489 g/mol. The summed E-state index contributed by atoms with van der Waals surface area (Å²) in [7, 11) is 0. The number of thioether (sulfide) groups is 1. The zero-order valence-electron chi connectivity index (χ0n) is 19.9. The second kappa shape index (κ2) is 8.75. The van der Waals surface area contributed by atoms with Crippen molar-refractivity contribution in [3.05, 3.63) is 70.9 Å². The van der Waals surface area contributed by atoms with Crippen LogP contribution >= 0.6 is 11.8 Å². The fraction of sp³-hybridized carbons (Fsp3) is 0.370. The van der Waals surface area contributed by atoms with Gasteiger partial charge in [0.05, 0.1) is 13.2 Å². The highest BCUT2D eigenvalue weighted by Crippen LogP contribution is 2.47. The minimum absolute atomic E-state index is 0.106. The normalized spacial score (nSPS) is 20.5. The maximum absolute atomic E-state index is 13.5. The first-order valence-corrected chi connectivity index (χ1v) is 13.0. The van der Waals surface area contributed by atoms with Gasteiger partial charge in [-0.25, -0.2) is 4.68 Å². The maximum Gasteiger partial charge on any atom is 0.227 e.